The van der Waals surface area contributed by atoms with Crippen molar-refractivity contribution in [3.63, 3.8) is 0 Å². The van der Waals surface area contributed by atoms with Gasteiger partial charge in [0, 0.05) is 18.6 Å². The lowest BCUT2D eigenvalue weighted by Crippen LogP contribution is -2.04. The van der Waals surface area contributed by atoms with Gasteiger partial charge in [0.15, 0.2) is 0 Å². The predicted octanol–water partition coefficient (Wildman–Crippen LogP) is 2.80. The highest BCUT2D eigenvalue weighted by molar-refractivity contribution is 9.10. The van der Waals surface area contributed by atoms with Crippen LogP contribution in [0, 0.1) is 6.92 Å². The third-order valence-corrected chi connectivity index (χ3v) is 2.16. The fraction of sp³-hybridized carbons (Fsp3) is 0.375. The van der Waals surface area contributed by atoms with Crippen LogP contribution >= 0.6 is 27.5 Å². The molecule has 0 aliphatic heterocycles. The lowest BCUT2D eigenvalue weighted by atomic mass is 10.3. The summed E-state index contributed by atoms with van der Waals surface area (Å²) in [5, 5.41) is 3.10. The number of pyridine rings is 1. The van der Waals surface area contributed by atoms with Gasteiger partial charge in [-0.15, -0.1) is 11.6 Å². The highest BCUT2D eigenvalue weighted by Crippen LogP contribution is 2.19. The van der Waals surface area contributed by atoms with Crippen LogP contribution in [0.5, 0.6) is 0 Å². The Morgan fingerprint density at radius 3 is 3.00 bits per heavy atom. The zero-order chi connectivity index (χ0) is 8.97. The van der Waals surface area contributed by atoms with Crippen molar-refractivity contribution in [3.05, 3.63) is 22.3 Å². The molecule has 0 unspecified atom stereocenters. The highest BCUT2D eigenvalue weighted by atomic mass is 79.9. The number of aromatic nitrogens is 1. The molecule has 0 aromatic carbocycles. The predicted molar refractivity (Wildman–Crippen MR) is 55.9 cm³/mol. The quantitative estimate of drug-likeness (QED) is 0.833. The summed E-state index contributed by atoms with van der Waals surface area (Å²) in [7, 11) is 0. The van der Waals surface area contributed by atoms with Gasteiger partial charge in [0.05, 0.1) is 4.47 Å². The molecule has 0 amide bonds. The Bertz CT molecular complexity index is 265. The smallest absolute Gasteiger partial charge is 0.140 e. The van der Waals surface area contributed by atoms with E-state index in [1.807, 2.05) is 19.2 Å². The third kappa shape index (κ3) is 2.64. The molecule has 0 fully saturated rings. The van der Waals surface area contributed by atoms with E-state index in [1.165, 1.54) is 0 Å². The van der Waals surface area contributed by atoms with Crippen LogP contribution in [0.3, 0.4) is 0 Å². The van der Waals surface area contributed by atoms with Gasteiger partial charge in [0.25, 0.3) is 0 Å². The molecule has 1 aromatic heterocycles. The second-order valence-corrected chi connectivity index (χ2v) is 3.69. The minimum atomic E-state index is 0.585. The average Bonchev–Trinajstić information content (AvgIpc) is 2.03. The molecule has 1 rings (SSSR count). The van der Waals surface area contributed by atoms with Gasteiger partial charge in [-0.1, -0.05) is 0 Å². The Hall–Kier alpha value is -0.280. The summed E-state index contributed by atoms with van der Waals surface area (Å²) in [5.74, 6) is 1.43. The fourth-order valence-corrected chi connectivity index (χ4v) is 1.53. The van der Waals surface area contributed by atoms with Crippen LogP contribution in [0.4, 0.5) is 5.82 Å². The SMILES string of the molecule is Cc1cnc(NCCCl)c(Br)c1. The first-order chi connectivity index (χ1) is 5.74. The highest BCUT2D eigenvalue weighted by Gasteiger charge is 1.99. The summed E-state index contributed by atoms with van der Waals surface area (Å²) in [6.07, 6.45) is 1.82. The van der Waals surface area contributed by atoms with Gasteiger partial charge < -0.3 is 5.32 Å². The summed E-state index contributed by atoms with van der Waals surface area (Å²) >= 11 is 8.94. The Labute approximate surface area is 85.5 Å². The van der Waals surface area contributed by atoms with Gasteiger partial charge in [-0.3, -0.25) is 0 Å². The zero-order valence-corrected chi connectivity index (χ0v) is 9.11. The van der Waals surface area contributed by atoms with E-state index < -0.39 is 0 Å². The van der Waals surface area contributed by atoms with Crippen molar-refractivity contribution in [2.24, 2.45) is 0 Å². The summed E-state index contributed by atoms with van der Waals surface area (Å²) in [5.41, 5.74) is 1.14. The normalized spacial score (nSPS) is 9.92. The topological polar surface area (TPSA) is 24.9 Å². The van der Waals surface area contributed by atoms with Crippen LogP contribution in [-0.2, 0) is 0 Å². The number of hydrogen-bond donors (Lipinski definition) is 1. The molecular weight excluding hydrogens is 239 g/mol. The molecule has 4 heteroatoms. The first-order valence-corrected chi connectivity index (χ1v) is 4.99. The monoisotopic (exact) mass is 248 g/mol. The summed E-state index contributed by atoms with van der Waals surface area (Å²) in [6, 6.07) is 2.02. The molecule has 0 aliphatic rings. The van der Waals surface area contributed by atoms with E-state index >= 15 is 0 Å². The third-order valence-electron chi connectivity index (χ3n) is 1.36. The summed E-state index contributed by atoms with van der Waals surface area (Å²) < 4.78 is 0.979. The number of anilines is 1. The second-order valence-electron chi connectivity index (χ2n) is 2.46. The van der Waals surface area contributed by atoms with Crippen molar-refractivity contribution in [2.45, 2.75) is 6.92 Å². The Morgan fingerprint density at radius 1 is 1.67 bits per heavy atom. The minimum Gasteiger partial charge on any atom is -0.368 e. The van der Waals surface area contributed by atoms with E-state index in [-0.39, 0.29) is 0 Å². The number of nitrogens with zero attached hydrogens (tertiary/aromatic N) is 1. The summed E-state index contributed by atoms with van der Waals surface area (Å²) in [4.78, 5) is 4.20. The molecule has 0 bridgehead atoms. The van der Waals surface area contributed by atoms with Gasteiger partial charge in [-0.2, -0.15) is 0 Å². The molecule has 0 atom stereocenters. The molecule has 1 N–H and O–H groups in total. The van der Waals surface area contributed by atoms with Crippen molar-refractivity contribution >= 4 is 33.3 Å². The molecule has 0 spiro atoms. The van der Waals surface area contributed by atoms with E-state index in [9.17, 15) is 0 Å². The Balaban J connectivity index is 2.72. The van der Waals surface area contributed by atoms with E-state index in [1.54, 1.807) is 0 Å². The van der Waals surface area contributed by atoms with Gasteiger partial charge in [-0.25, -0.2) is 4.98 Å². The Kier molecular flexibility index (Phi) is 3.82. The van der Waals surface area contributed by atoms with Crippen LogP contribution < -0.4 is 5.32 Å². The number of rotatable bonds is 3. The molecule has 0 aliphatic carbocycles. The van der Waals surface area contributed by atoms with E-state index in [2.05, 4.69) is 26.2 Å². The maximum Gasteiger partial charge on any atom is 0.140 e. The van der Waals surface area contributed by atoms with Crippen molar-refractivity contribution in [3.8, 4) is 0 Å². The lowest BCUT2D eigenvalue weighted by Gasteiger charge is -2.05. The van der Waals surface area contributed by atoms with Crippen molar-refractivity contribution in [2.75, 3.05) is 17.7 Å². The first kappa shape index (κ1) is 9.81. The standard InChI is InChI=1S/C8H10BrClN2/c1-6-4-7(9)8(12-5-6)11-3-2-10/h4-5H,2-3H2,1H3,(H,11,12). The van der Waals surface area contributed by atoms with Crippen LogP contribution in [-0.4, -0.2) is 17.4 Å². The molecule has 0 saturated heterocycles. The van der Waals surface area contributed by atoms with Gasteiger partial charge >= 0.3 is 0 Å². The zero-order valence-electron chi connectivity index (χ0n) is 6.77. The summed E-state index contributed by atoms with van der Waals surface area (Å²) in [6.45, 7) is 2.74. The van der Waals surface area contributed by atoms with Gasteiger partial charge in [-0.05, 0) is 34.5 Å². The minimum absolute atomic E-state index is 0.585. The van der Waals surface area contributed by atoms with Gasteiger partial charge in [0.1, 0.15) is 5.82 Å². The van der Waals surface area contributed by atoms with E-state index in [0.717, 1.165) is 22.4 Å². The number of aryl methyl sites for hydroxylation is 1. The van der Waals surface area contributed by atoms with Crippen molar-refractivity contribution < 1.29 is 0 Å². The average molecular weight is 250 g/mol. The maximum absolute atomic E-state index is 5.53. The number of nitrogens with one attached hydrogen (secondary N) is 1. The van der Waals surface area contributed by atoms with Gasteiger partial charge in [0.2, 0.25) is 0 Å². The molecular formula is C8H10BrClN2. The molecule has 12 heavy (non-hydrogen) atoms. The Morgan fingerprint density at radius 2 is 2.42 bits per heavy atom. The van der Waals surface area contributed by atoms with Crippen LogP contribution in [0.2, 0.25) is 0 Å². The van der Waals surface area contributed by atoms with E-state index in [0.29, 0.717) is 5.88 Å². The van der Waals surface area contributed by atoms with Crippen LogP contribution in [0.15, 0.2) is 16.7 Å². The molecule has 2 nitrogen and oxygen atoms in total. The van der Waals surface area contributed by atoms with Crippen molar-refractivity contribution in [1.29, 1.82) is 0 Å². The molecule has 1 heterocycles. The second kappa shape index (κ2) is 4.67. The largest absolute Gasteiger partial charge is 0.368 e. The van der Waals surface area contributed by atoms with Crippen LogP contribution in [0.25, 0.3) is 0 Å². The molecule has 66 valence electrons. The van der Waals surface area contributed by atoms with E-state index in [4.69, 9.17) is 11.6 Å². The number of halogens is 2. The maximum atomic E-state index is 5.53. The number of hydrogen-bond acceptors (Lipinski definition) is 2. The lowest BCUT2D eigenvalue weighted by molar-refractivity contribution is 1.14. The molecule has 1 aromatic rings. The fourth-order valence-electron chi connectivity index (χ4n) is 0.829. The first-order valence-electron chi connectivity index (χ1n) is 3.66. The molecule has 0 saturated carbocycles. The van der Waals surface area contributed by atoms with Crippen LogP contribution in [0.1, 0.15) is 5.56 Å². The van der Waals surface area contributed by atoms with Crippen molar-refractivity contribution in [1.82, 2.24) is 4.98 Å². The molecule has 0 radical (unpaired) electrons. The number of alkyl halides is 1.